The number of halogens is 1. The van der Waals surface area contributed by atoms with Crippen LogP contribution in [0.4, 0.5) is 0 Å². The van der Waals surface area contributed by atoms with Crippen molar-refractivity contribution in [3.8, 4) is 17.6 Å². The fraction of sp³-hybridized carbons (Fsp3) is 0.188. The van der Waals surface area contributed by atoms with Gasteiger partial charge < -0.3 is 19.8 Å². The number of nitrogens with zero attached hydrogens (tertiary/aromatic N) is 1. The molecule has 0 fully saturated rings. The van der Waals surface area contributed by atoms with Gasteiger partial charge in [-0.1, -0.05) is 54.1 Å². The molecule has 0 radical (unpaired) electrons. The molecule has 7 heteroatoms. The molecule has 0 unspecified atom stereocenters. The van der Waals surface area contributed by atoms with Crippen molar-refractivity contribution in [3.05, 3.63) is 112 Å². The van der Waals surface area contributed by atoms with Crippen molar-refractivity contribution in [2.75, 3.05) is 13.2 Å². The molecule has 1 aromatic heterocycles. The van der Waals surface area contributed by atoms with Gasteiger partial charge in [0.25, 0.3) is 5.91 Å². The van der Waals surface area contributed by atoms with Crippen molar-refractivity contribution in [2.45, 2.75) is 26.4 Å². The molecule has 198 valence electrons. The van der Waals surface area contributed by atoms with Crippen LogP contribution in [-0.4, -0.2) is 24.0 Å². The van der Waals surface area contributed by atoms with Crippen molar-refractivity contribution < 1.29 is 14.3 Å². The first-order valence-corrected chi connectivity index (χ1v) is 13.1. The molecule has 1 amide bonds. The monoisotopic (exact) mass is 539 g/mol. The molecule has 3 aromatic carbocycles. The van der Waals surface area contributed by atoms with Crippen LogP contribution in [0.2, 0.25) is 5.02 Å². The van der Waals surface area contributed by atoms with E-state index in [-0.39, 0.29) is 12.2 Å². The number of allylic oxidation sites excluding steroid dienone is 1. The van der Waals surface area contributed by atoms with Crippen molar-refractivity contribution in [1.82, 2.24) is 10.3 Å². The molecule has 4 aromatic rings. The standard InChI is InChI=1S/C32H30ClN3O3/c1-3-9-23-16-22(18-30(38-4-2)31(23)39-21-25-10-5-7-12-28(25)33)17-26(19-34)32(37)35-15-14-24-20-36-29-13-8-6-11-27(24)29/h3,5-8,10-13,16-18,20,36H,1,4,9,14-15,21H2,2H3,(H,35,37). The molecule has 4 rings (SSSR count). The van der Waals surface area contributed by atoms with Crippen LogP contribution in [0.5, 0.6) is 11.5 Å². The number of hydrogen-bond acceptors (Lipinski definition) is 4. The minimum absolute atomic E-state index is 0.00524. The lowest BCUT2D eigenvalue weighted by Crippen LogP contribution is -2.26. The Bertz CT molecular complexity index is 1550. The number of carbonyl (C=O) groups is 1. The normalized spacial score (nSPS) is 11.2. The summed E-state index contributed by atoms with van der Waals surface area (Å²) < 4.78 is 12.1. The second-order valence-corrected chi connectivity index (χ2v) is 9.26. The Morgan fingerprint density at radius 2 is 1.90 bits per heavy atom. The fourth-order valence-electron chi connectivity index (χ4n) is 4.33. The SMILES string of the molecule is C=CCc1cc(C=C(C#N)C(=O)NCCc2c[nH]c3ccccc23)cc(OCC)c1OCc1ccccc1Cl. The number of rotatable bonds is 12. The number of hydrogen-bond donors (Lipinski definition) is 2. The lowest BCUT2D eigenvalue weighted by Gasteiger charge is -2.17. The Morgan fingerprint density at radius 3 is 2.67 bits per heavy atom. The highest BCUT2D eigenvalue weighted by molar-refractivity contribution is 6.31. The average molecular weight is 540 g/mol. The Morgan fingerprint density at radius 1 is 1.10 bits per heavy atom. The fourth-order valence-corrected chi connectivity index (χ4v) is 4.52. The zero-order valence-corrected chi connectivity index (χ0v) is 22.6. The quantitative estimate of drug-likeness (QED) is 0.118. The van der Waals surface area contributed by atoms with Crippen LogP contribution in [-0.2, 0) is 24.2 Å². The van der Waals surface area contributed by atoms with E-state index in [2.05, 4.69) is 16.9 Å². The third-order valence-electron chi connectivity index (χ3n) is 6.18. The minimum atomic E-state index is -0.431. The number of nitrogens with one attached hydrogen (secondary N) is 2. The molecule has 0 spiro atoms. The van der Waals surface area contributed by atoms with Crippen LogP contribution in [0.1, 0.15) is 29.2 Å². The van der Waals surface area contributed by atoms with Gasteiger partial charge >= 0.3 is 0 Å². The third-order valence-corrected chi connectivity index (χ3v) is 6.55. The average Bonchev–Trinajstić information content (AvgIpc) is 3.35. The summed E-state index contributed by atoms with van der Waals surface area (Å²) in [5, 5.41) is 14.4. The van der Waals surface area contributed by atoms with Crippen molar-refractivity contribution in [3.63, 3.8) is 0 Å². The van der Waals surface area contributed by atoms with E-state index in [4.69, 9.17) is 21.1 Å². The van der Waals surface area contributed by atoms with Gasteiger partial charge in [0.2, 0.25) is 0 Å². The summed E-state index contributed by atoms with van der Waals surface area (Å²) in [6.45, 7) is 6.83. The number of benzene rings is 3. The lowest BCUT2D eigenvalue weighted by molar-refractivity contribution is -0.117. The van der Waals surface area contributed by atoms with Gasteiger partial charge in [0.15, 0.2) is 11.5 Å². The van der Waals surface area contributed by atoms with Gasteiger partial charge in [-0.3, -0.25) is 4.79 Å². The van der Waals surface area contributed by atoms with E-state index in [1.54, 1.807) is 18.2 Å². The summed E-state index contributed by atoms with van der Waals surface area (Å²) in [5.74, 6) is 0.669. The number of carbonyl (C=O) groups excluding carboxylic acids is 1. The van der Waals surface area contributed by atoms with E-state index in [1.807, 2.05) is 73.8 Å². The van der Waals surface area contributed by atoms with Crippen molar-refractivity contribution in [2.24, 2.45) is 0 Å². The summed E-state index contributed by atoms with van der Waals surface area (Å²) in [4.78, 5) is 16.1. The smallest absolute Gasteiger partial charge is 0.261 e. The molecule has 2 N–H and O–H groups in total. The van der Waals surface area contributed by atoms with E-state index < -0.39 is 5.91 Å². The zero-order chi connectivity index (χ0) is 27.6. The summed E-state index contributed by atoms with van der Waals surface area (Å²) in [7, 11) is 0. The Hall–Kier alpha value is -4.47. The summed E-state index contributed by atoms with van der Waals surface area (Å²) in [5.41, 5.74) is 4.50. The number of fused-ring (bicyclic) bond motifs is 1. The van der Waals surface area contributed by atoms with Crippen molar-refractivity contribution >= 4 is 34.5 Å². The first kappa shape index (κ1) is 27.6. The van der Waals surface area contributed by atoms with Crippen LogP contribution >= 0.6 is 11.6 Å². The molecular weight excluding hydrogens is 510 g/mol. The van der Waals surface area contributed by atoms with Gasteiger partial charge in [0, 0.05) is 39.8 Å². The molecule has 0 aliphatic heterocycles. The first-order chi connectivity index (χ1) is 19.0. The summed E-state index contributed by atoms with van der Waals surface area (Å²) >= 11 is 6.31. The van der Waals surface area contributed by atoms with E-state index in [9.17, 15) is 10.1 Å². The molecular formula is C32H30ClN3O3. The molecule has 0 aliphatic carbocycles. The maximum absolute atomic E-state index is 12.9. The Kier molecular flexibility index (Phi) is 9.44. The molecule has 39 heavy (non-hydrogen) atoms. The van der Waals surface area contributed by atoms with Crippen LogP contribution < -0.4 is 14.8 Å². The van der Waals surface area contributed by atoms with Crippen LogP contribution in [0, 0.1) is 11.3 Å². The highest BCUT2D eigenvalue weighted by Crippen LogP contribution is 2.35. The number of ether oxygens (including phenoxy) is 2. The van der Waals surface area contributed by atoms with Gasteiger partial charge in [0.1, 0.15) is 18.2 Å². The number of H-pyrrole nitrogens is 1. The lowest BCUT2D eigenvalue weighted by atomic mass is 10.0. The zero-order valence-electron chi connectivity index (χ0n) is 21.8. The van der Waals surface area contributed by atoms with Crippen molar-refractivity contribution in [1.29, 1.82) is 5.26 Å². The van der Waals surface area contributed by atoms with Gasteiger partial charge in [-0.15, -0.1) is 6.58 Å². The van der Waals surface area contributed by atoms with E-state index in [0.717, 1.165) is 27.6 Å². The maximum Gasteiger partial charge on any atom is 0.261 e. The highest BCUT2D eigenvalue weighted by Gasteiger charge is 2.16. The van der Waals surface area contributed by atoms with Crippen LogP contribution in [0.3, 0.4) is 0 Å². The molecule has 0 atom stereocenters. The Balaban J connectivity index is 1.52. The molecule has 0 saturated carbocycles. The first-order valence-electron chi connectivity index (χ1n) is 12.8. The third kappa shape index (κ3) is 6.90. The predicted octanol–water partition coefficient (Wildman–Crippen LogP) is 6.79. The summed E-state index contributed by atoms with van der Waals surface area (Å²) in [6.07, 6.45) is 6.43. The largest absolute Gasteiger partial charge is 0.490 e. The maximum atomic E-state index is 12.9. The second-order valence-electron chi connectivity index (χ2n) is 8.85. The number of amides is 1. The van der Waals surface area contributed by atoms with E-state index in [1.165, 1.54) is 0 Å². The molecule has 6 nitrogen and oxygen atoms in total. The van der Waals surface area contributed by atoms with Crippen LogP contribution in [0.15, 0.2) is 85.1 Å². The van der Waals surface area contributed by atoms with E-state index in [0.29, 0.717) is 48.1 Å². The molecule has 0 bridgehead atoms. The molecule has 1 heterocycles. The van der Waals surface area contributed by atoms with Gasteiger partial charge in [-0.2, -0.15) is 5.26 Å². The van der Waals surface area contributed by atoms with E-state index >= 15 is 0 Å². The Labute approximate surface area is 233 Å². The van der Waals surface area contributed by atoms with Crippen LogP contribution in [0.25, 0.3) is 17.0 Å². The highest BCUT2D eigenvalue weighted by atomic mass is 35.5. The number of para-hydroxylation sites is 1. The minimum Gasteiger partial charge on any atom is -0.490 e. The van der Waals surface area contributed by atoms with Gasteiger partial charge in [0.05, 0.1) is 6.61 Å². The number of aromatic nitrogens is 1. The predicted molar refractivity (Wildman–Crippen MR) is 156 cm³/mol. The number of nitriles is 1. The van der Waals surface area contributed by atoms with Gasteiger partial charge in [-0.05, 0) is 61.2 Å². The topological polar surface area (TPSA) is 87.1 Å². The second kappa shape index (κ2) is 13.4. The molecule has 0 aliphatic rings. The molecule has 0 saturated heterocycles. The van der Waals surface area contributed by atoms with Gasteiger partial charge in [-0.25, -0.2) is 0 Å². The summed E-state index contributed by atoms with van der Waals surface area (Å²) in [6, 6.07) is 21.2. The number of aromatic amines is 1.